The Morgan fingerprint density at radius 3 is 1.91 bits per heavy atom. The Morgan fingerprint density at radius 1 is 0.732 bits per heavy atom. The minimum absolute atomic E-state index is 0.120. The molecule has 300 valence electrons. The van der Waals surface area contributed by atoms with Gasteiger partial charge in [-0.3, -0.25) is 4.57 Å². The van der Waals surface area contributed by atoms with Crippen LogP contribution in [-0.2, 0) is 11.3 Å². The van der Waals surface area contributed by atoms with Crippen molar-refractivity contribution in [3.8, 4) is 0 Å². The first-order valence-corrected chi connectivity index (χ1v) is 20.1. The Bertz CT molecular complexity index is 2100. The molecular weight excluding hydrogens is 721 g/mol. The van der Waals surface area contributed by atoms with Gasteiger partial charge in [0.25, 0.3) is 0 Å². The molecule has 0 amide bonds. The fraction of sp³-hybridized carbons (Fsp3) is 0.686. The predicted molar refractivity (Wildman–Crippen MR) is 206 cm³/mol. The molecule has 0 spiro atoms. The third kappa shape index (κ3) is 7.52. The normalized spacial score (nSPS) is 31.2. The Balaban J connectivity index is 0.918. The second kappa shape index (κ2) is 15.6. The highest BCUT2D eigenvalue weighted by atomic mass is 16.6. The summed E-state index contributed by atoms with van der Waals surface area (Å²) in [6.45, 7) is 2.39. The van der Waals surface area contributed by atoms with Gasteiger partial charge in [0.2, 0.25) is 17.7 Å². The topological polar surface area (TPSA) is 292 Å². The quantitative estimate of drug-likeness (QED) is 0.0923. The molecule has 5 aromatic rings. The van der Waals surface area contributed by atoms with E-state index in [2.05, 4.69) is 46.6 Å². The average molecular weight is 773 g/mol. The molecule has 21 nitrogen and oxygen atoms in total. The Kier molecular flexibility index (Phi) is 10.2. The lowest BCUT2D eigenvalue weighted by atomic mass is 9.91. The van der Waals surface area contributed by atoms with Gasteiger partial charge < -0.3 is 52.7 Å². The van der Waals surface area contributed by atoms with Crippen LogP contribution in [-0.4, -0.2) is 118 Å². The number of aromatic nitrogens is 12. The van der Waals surface area contributed by atoms with Gasteiger partial charge in [0, 0.05) is 36.3 Å². The van der Waals surface area contributed by atoms with E-state index in [9.17, 15) is 10.2 Å². The molecule has 0 bridgehead atoms. The molecule has 1 aliphatic heterocycles. The molecule has 1 saturated heterocycles. The Hall–Kier alpha value is -4.83. The van der Waals surface area contributed by atoms with E-state index < -0.39 is 24.5 Å². The number of nitrogens with two attached hydrogens (primary N) is 2. The molecule has 3 aliphatic carbocycles. The van der Waals surface area contributed by atoms with Crippen LogP contribution in [0.2, 0.25) is 0 Å². The van der Waals surface area contributed by atoms with Crippen molar-refractivity contribution in [1.29, 1.82) is 0 Å². The first-order valence-electron chi connectivity index (χ1n) is 20.1. The first-order chi connectivity index (χ1) is 27.3. The van der Waals surface area contributed by atoms with Crippen molar-refractivity contribution in [1.82, 2.24) is 59.7 Å². The van der Waals surface area contributed by atoms with Crippen molar-refractivity contribution < 1.29 is 14.9 Å². The van der Waals surface area contributed by atoms with Gasteiger partial charge in [-0.2, -0.15) is 24.7 Å². The highest BCUT2D eigenvalue weighted by Gasteiger charge is 2.47. The van der Waals surface area contributed by atoms with Crippen molar-refractivity contribution in [3.05, 3.63) is 18.5 Å². The number of aliphatic hydroxyl groups excluding tert-OH is 2. The third-order valence-corrected chi connectivity index (χ3v) is 11.8. The third-order valence-electron chi connectivity index (χ3n) is 11.8. The first kappa shape index (κ1) is 36.8. The lowest BCUT2D eigenvalue weighted by Crippen LogP contribution is -2.34. The maximum atomic E-state index is 11.2. The minimum atomic E-state index is -1.30. The summed E-state index contributed by atoms with van der Waals surface area (Å²) in [7, 11) is 0. The van der Waals surface area contributed by atoms with Gasteiger partial charge in [-0.15, -0.1) is 10.2 Å². The number of hydrogen-bond acceptors (Lipinski definition) is 18. The second-order valence-corrected chi connectivity index (χ2v) is 15.8. The van der Waals surface area contributed by atoms with E-state index in [1.807, 2.05) is 6.92 Å². The lowest BCUT2D eigenvalue weighted by Gasteiger charge is -2.31. The van der Waals surface area contributed by atoms with Crippen molar-refractivity contribution in [2.75, 3.05) is 21.3 Å². The van der Waals surface area contributed by atoms with E-state index >= 15 is 0 Å². The molecule has 21 heteroatoms. The molecule has 6 heterocycles. The highest BCUT2D eigenvalue weighted by Crippen LogP contribution is 2.39. The second-order valence-electron chi connectivity index (χ2n) is 15.8. The monoisotopic (exact) mass is 772 g/mol. The van der Waals surface area contributed by atoms with Crippen molar-refractivity contribution in [3.63, 3.8) is 0 Å². The smallest absolute Gasteiger partial charge is 0.227 e. The van der Waals surface area contributed by atoms with Crippen LogP contribution in [0.3, 0.4) is 0 Å². The van der Waals surface area contributed by atoms with Gasteiger partial charge in [-0.1, -0.05) is 0 Å². The summed E-state index contributed by atoms with van der Waals surface area (Å²) in [4.78, 5) is 33.2. The van der Waals surface area contributed by atoms with Crippen LogP contribution in [0, 0.1) is 0 Å². The fourth-order valence-electron chi connectivity index (χ4n) is 8.54. The van der Waals surface area contributed by atoms with E-state index in [4.69, 9.17) is 41.1 Å². The maximum absolute atomic E-state index is 11.2. The van der Waals surface area contributed by atoms with Gasteiger partial charge in [0.05, 0.1) is 19.2 Å². The molecule has 56 heavy (non-hydrogen) atoms. The number of rotatable bonds is 11. The summed E-state index contributed by atoms with van der Waals surface area (Å²) in [6, 6.07) is 1.25. The molecule has 0 aromatic carbocycles. The number of fused-ring (bicyclic) bond motifs is 2. The van der Waals surface area contributed by atoms with Crippen LogP contribution < -0.4 is 32.7 Å². The van der Waals surface area contributed by atoms with Crippen molar-refractivity contribution >= 4 is 45.9 Å². The average Bonchev–Trinajstić information content (AvgIpc) is 4.02. The standard InChI is InChI=1S/C35H52N18O3/c1-2-53-50-31(49-51-53)27-25(54)26(55)33(56-27)52-16-40-24-30(47-35(48-32(24)52)44-22-9-5-18(37)6-10-22)42-20-13-11-19(12-14-20)41-29-23-28(39-15-38-23)45-34(46-29)43-21-7-3-17(36)4-8-21/h15-22,25-27,33,54-55H,2-14,36-37H2,1H3,(H2,42,44,47,48)(H3,38,39,41,43,45,46)/t17-,18-,19?,20?,21-,22-,25-,26+,27+,33-/m1/s1. The molecule has 3 saturated carbocycles. The van der Waals surface area contributed by atoms with Crippen LogP contribution in [0.5, 0.6) is 0 Å². The minimum Gasteiger partial charge on any atom is -0.387 e. The summed E-state index contributed by atoms with van der Waals surface area (Å²) in [5.41, 5.74) is 14.7. The van der Waals surface area contributed by atoms with Crippen molar-refractivity contribution in [2.24, 2.45) is 11.5 Å². The molecule has 0 unspecified atom stereocenters. The van der Waals surface area contributed by atoms with Crippen LogP contribution in [0.1, 0.15) is 102 Å². The SMILES string of the molecule is CCn1nnc([C@H]2O[C@@H](n3cnc4c(NC5CCC(Nc6nc(N[C@H]7CC[C@H](N)CC7)nc7[nH]cnc67)CC5)nc(N[C@H]5CC[C@H](N)CC5)nc43)[C@@H](O)[C@H]2O)n1. The number of aryl methyl sites for hydroxylation is 1. The van der Waals surface area contributed by atoms with Crippen LogP contribution in [0.4, 0.5) is 23.5 Å². The molecular formula is C35H52N18O3. The number of aromatic amines is 1. The fourth-order valence-corrected chi connectivity index (χ4v) is 8.54. The highest BCUT2D eigenvalue weighted by molar-refractivity contribution is 5.85. The number of tetrazole rings is 1. The number of ether oxygens (including phenoxy) is 1. The number of hydrogen-bond donors (Lipinski definition) is 9. The maximum Gasteiger partial charge on any atom is 0.227 e. The molecule has 0 radical (unpaired) electrons. The summed E-state index contributed by atoms with van der Waals surface area (Å²) < 4.78 is 7.85. The van der Waals surface area contributed by atoms with Gasteiger partial charge >= 0.3 is 0 Å². The molecule has 11 N–H and O–H groups in total. The number of aliphatic hydroxyl groups is 2. The van der Waals surface area contributed by atoms with E-state index in [0.29, 0.717) is 47.1 Å². The number of nitrogens with one attached hydrogen (secondary N) is 5. The summed E-state index contributed by atoms with van der Waals surface area (Å²) >= 11 is 0. The number of imidazole rings is 2. The number of nitrogens with zero attached hydrogens (tertiary/aromatic N) is 11. The molecule has 4 fully saturated rings. The van der Waals surface area contributed by atoms with Gasteiger partial charge in [0.15, 0.2) is 40.8 Å². The van der Waals surface area contributed by atoms with E-state index in [1.165, 1.54) is 4.80 Å². The predicted octanol–water partition coefficient (Wildman–Crippen LogP) is 1.69. The van der Waals surface area contributed by atoms with Crippen LogP contribution in [0.25, 0.3) is 22.3 Å². The number of anilines is 4. The molecule has 4 atom stereocenters. The zero-order valence-electron chi connectivity index (χ0n) is 31.5. The Labute approximate surface area is 322 Å². The molecule has 4 aliphatic rings. The van der Waals surface area contributed by atoms with Crippen LogP contribution in [0.15, 0.2) is 12.7 Å². The summed E-state index contributed by atoms with van der Waals surface area (Å²) in [5.74, 6) is 2.54. The van der Waals surface area contributed by atoms with E-state index in [1.54, 1.807) is 17.2 Å². The molecule has 5 aromatic heterocycles. The zero-order valence-corrected chi connectivity index (χ0v) is 31.5. The Morgan fingerprint density at radius 2 is 1.30 bits per heavy atom. The van der Waals surface area contributed by atoms with Gasteiger partial charge in [-0.05, 0) is 89.2 Å². The van der Waals surface area contributed by atoms with Gasteiger partial charge in [-0.25, -0.2) is 9.97 Å². The zero-order chi connectivity index (χ0) is 38.3. The molecule has 9 rings (SSSR count). The van der Waals surface area contributed by atoms with Crippen LogP contribution >= 0.6 is 0 Å². The van der Waals surface area contributed by atoms with Gasteiger partial charge in [0.1, 0.15) is 17.7 Å². The summed E-state index contributed by atoms with van der Waals surface area (Å²) in [6.07, 6.45) is 9.84. The van der Waals surface area contributed by atoms with Crippen molar-refractivity contribution in [2.45, 2.75) is 151 Å². The lowest BCUT2D eigenvalue weighted by molar-refractivity contribution is -0.0384. The number of H-pyrrole nitrogens is 1. The van der Waals surface area contributed by atoms with E-state index in [0.717, 1.165) is 88.4 Å². The summed E-state index contributed by atoms with van der Waals surface area (Å²) in [5, 5.41) is 49.0. The van der Waals surface area contributed by atoms with E-state index in [-0.39, 0.29) is 36.0 Å². The largest absolute Gasteiger partial charge is 0.387 e.